The van der Waals surface area contributed by atoms with Gasteiger partial charge in [-0.15, -0.1) is 0 Å². The number of rotatable bonds is 4. The predicted octanol–water partition coefficient (Wildman–Crippen LogP) is 2.20. The number of pyridine rings is 1. The Kier molecular flexibility index (Phi) is 7.24. The summed E-state index contributed by atoms with van der Waals surface area (Å²) in [5.74, 6) is -0.233. The van der Waals surface area contributed by atoms with E-state index >= 15 is 0 Å². The molecule has 0 fully saturated rings. The number of nitrogens with zero attached hydrogens (tertiary/aromatic N) is 1. The number of thiocarbonyl (C=S) groups is 1. The molecule has 134 valence electrons. The fourth-order valence-electron chi connectivity index (χ4n) is 1.87. The molecule has 0 saturated carbocycles. The first kappa shape index (κ1) is 19.5. The summed E-state index contributed by atoms with van der Waals surface area (Å²) < 4.78 is 6.08. The lowest BCUT2D eigenvalue weighted by Gasteiger charge is -2.09. The molecule has 3 N–H and O–H groups in total. The van der Waals surface area contributed by atoms with Crippen molar-refractivity contribution in [1.82, 2.24) is 21.2 Å². The molecule has 0 bridgehead atoms. The Labute approximate surface area is 163 Å². The first-order valence-corrected chi connectivity index (χ1v) is 8.52. The van der Waals surface area contributed by atoms with E-state index in [2.05, 4.69) is 37.1 Å². The van der Waals surface area contributed by atoms with Gasteiger partial charge in [0.25, 0.3) is 5.91 Å². The Morgan fingerprint density at radius 2 is 1.92 bits per heavy atom. The van der Waals surface area contributed by atoms with Crippen molar-refractivity contribution in [1.29, 1.82) is 0 Å². The van der Waals surface area contributed by atoms with Crippen LogP contribution in [0.15, 0.2) is 53.3 Å². The van der Waals surface area contributed by atoms with Gasteiger partial charge in [0, 0.05) is 34.1 Å². The second-order valence-corrected chi connectivity index (χ2v) is 6.18. The van der Waals surface area contributed by atoms with Crippen LogP contribution in [0.5, 0.6) is 5.75 Å². The Balaban J connectivity index is 1.86. The first-order chi connectivity index (χ1) is 12.5. The standard InChI is InChI=1S/C17H15BrN4O3S/c1-25-14-4-3-13(18)10-12(14)2-5-15(23)20-17(26)22-21-16(24)11-6-8-19-9-7-11/h2-10H,1H3,(H,21,24)(H2,20,22,23,26). The summed E-state index contributed by atoms with van der Waals surface area (Å²) in [6.07, 6.45) is 5.89. The molecule has 0 aliphatic rings. The summed E-state index contributed by atoms with van der Waals surface area (Å²) in [5.41, 5.74) is 5.97. The molecular weight excluding hydrogens is 420 g/mol. The summed E-state index contributed by atoms with van der Waals surface area (Å²) >= 11 is 8.32. The fraction of sp³-hybridized carbons (Fsp3) is 0.0588. The van der Waals surface area contributed by atoms with E-state index in [-0.39, 0.29) is 5.11 Å². The maximum Gasteiger partial charge on any atom is 0.269 e. The largest absolute Gasteiger partial charge is 0.496 e. The van der Waals surface area contributed by atoms with E-state index in [0.29, 0.717) is 11.3 Å². The van der Waals surface area contributed by atoms with Crippen molar-refractivity contribution < 1.29 is 14.3 Å². The zero-order chi connectivity index (χ0) is 18.9. The van der Waals surface area contributed by atoms with E-state index in [1.807, 2.05) is 12.1 Å². The molecule has 9 heteroatoms. The van der Waals surface area contributed by atoms with Crippen molar-refractivity contribution in [3.8, 4) is 5.75 Å². The highest BCUT2D eigenvalue weighted by atomic mass is 79.9. The summed E-state index contributed by atoms with van der Waals surface area (Å²) in [6, 6.07) is 8.52. The van der Waals surface area contributed by atoms with Gasteiger partial charge in [0.15, 0.2) is 5.11 Å². The molecule has 0 spiro atoms. The minimum Gasteiger partial charge on any atom is -0.496 e. The average Bonchev–Trinajstić information content (AvgIpc) is 2.65. The topological polar surface area (TPSA) is 92.4 Å². The van der Waals surface area contributed by atoms with Gasteiger partial charge in [-0.3, -0.25) is 30.7 Å². The number of carbonyl (C=O) groups is 2. The quantitative estimate of drug-likeness (QED) is 0.388. The van der Waals surface area contributed by atoms with Gasteiger partial charge >= 0.3 is 0 Å². The van der Waals surface area contributed by atoms with Crippen LogP contribution in [0.3, 0.4) is 0 Å². The molecule has 1 heterocycles. The van der Waals surface area contributed by atoms with Crippen molar-refractivity contribution in [2.24, 2.45) is 0 Å². The Morgan fingerprint density at radius 1 is 1.19 bits per heavy atom. The van der Waals surface area contributed by atoms with E-state index in [1.54, 1.807) is 31.4 Å². The van der Waals surface area contributed by atoms with Gasteiger partial charge in [0.2, 0.25) is 5.91 Å². The number of hydrazine groups is 1. The SMILES string of the molecule is COc1ccc(Br)cc1C=CC(=O)NC(=S)NNC(=O)c1ccncc1. The highest BCUT2D eigenvalue weighted by Crippen LogP contribution is 2.23. The molecular formula is C17H15BrN4O3S. The number of ether oxygens (including phenoxy) is 1. The van der Waals surface area contributed by atoms with E-state index < -0.39 is 11.8 Å². The zero-order valence-corrected chi connectivity index (χ0v) is 16.1. The highest BCUT2D eigenvalue weighted by molar-refractivity contribution is 9.10. The number of hydrogen-bond donors (Lipinski definition) is 3. The number of carbonyl (C=O) groups excluding carboxylic acids is 2. The minimum absolute atomic E-state index is 0.0386. The lowest BCUT2D eigenvalue weighted by atomic mass is 10.2. The Morgan fingerprint density at radius 3 is 2.62 bits per heavy atom. The van der Waals surface area contributed by atoms with Crippen LogP contribution in [0.1, 0.15) is 15.9 Å². The molecule has 26 heavy (non-hydrogen) atoms. The molecule has 0 aliphatic carbocycles. The van der Waals surface area contributed by atoms with Gasteiger partial charge in [0.1, 0.15) is 5.75 Å². The van der Waals surface area contributed by atoms with E-state index in [1.165, 1.54) is 18.5 Å². The lowest BCUT2D eigenvalue weighted by molar-refractivity contribution is -0.115. The summed E-state index contributed by atoms with van der Waals surface area (Å²) in [7, 11) is 1.55. The van der Waals surface area contributed by atoms with Crippen molar-refractivity contribution in [2.75, 3.05) is 7.11 Å². The Bertz CT molecular complexity index is 843. The summed E-state index contributed by atoms with van der Waals surface area (Å²) in [5, 5.41) is 2.39. The van der Waals surface area contributed by atoms with Gasteiger partial charge in [-0.05, 0) is 48.6 Å². The van der Waals surface area contributed by atoms with Crippen LogP contribution in [0, 0.1) is 0 Å². The number of nitrogens with one attached hydrogen (secondary N) is 3. The third-order valence-electron chi connectivity index (χ3n) is 3.07. The highest BCUT2D eigenvalue weighted by Gasteiger charge is 2.06. The van der Waals surface area contributed by atoms with Crippen LogP contribution < -0.4 is 20.9 Å². The van der Waals surface area contributed by atoms with Crippen LogP contribution in [-0.4, -0.2) is 29.0 Å². The molecule has 2 amide bonds. The monoisotopic (exact) mass is 434 g/mol. The van der Waals surface area contributed by atoms with Crippen molar-refractivity contribution in [3.63, 3.8) is 0 Å². The van der Waals surface area contributed by atoms with Crippen molar-refractivity contribution in [2.45, 2.75) is 0 Å². The van der Waals surface area contributed by atoms with Crippen molar-refractivity contribution in [3.05, 3.63) is 64.4 Å². The number of aromatic nitrogens is 1. The number of halogens is 1. The first-order valence-electron chi connectivity index (χ1n) is 7.32. The number of benzene rings is 1. The van der Waals surface area contributed by atoms with Crippen LogP contribution in [0.4, 0.5) is 0 Å². The van der Waals surface area contributed by atoms with E-state index in [9.17, 15) is 9.59 Å². The normalized spacial score (nSPS) is 10.2. The predicted molar refractivity (Wildman–Crippen MR) is 105 cm³/mol. The third kappa shape index (κ3) is 5.94. The maximum atomic E-state index is 11.9. The Hall–Kier alpha value is -2.78. The van der Waals surface area contributed by atoms with Gasteiger partial charge in [-0.25, -0.2) is 0 Å². The van der Waals surface area contributed by atoms with Gasteiger partial charge in [-0.2, -0.15) is 0 Å². The fourth-order valence-corrected chi connectivity index (χ4v) is 2.41. The summed E-state index contributed by atoms with van der Waals surface area (Å²) in [4.78, 5) is 27.6. The second-order valence-electron chi connectivity index (χ2n) is 4.85. The van der Waals surface area contributed by atoms with Gasteiger partial charge in [0.05, 0.1) is 7.11 Å². The van der Waals surface area contributed by atoms with Crippen LogP contribution >= 0.6 is 28.1 Å². The molecule has 1 aromatic carbocycles. The molecule has 1 aromatic heterocycles. The number of methoxy groups -OCH3 is 1. The van der Waals surface area contributed by atoms with Gasteiger partial charge in [-0.1, -0.05) is 15.9 Å². The summed E-state index contributed by atoms with van der Waals surface area (Å²) in [6.45, 7) is 0. The molecule has 2 aromatic rings. The lowest BCUT2D eigenvalue weighted by Crippen LogP contribution is -2.48. The molecule has 7 nitrogen and oxygen atoms in total. The van der Waals surface area contributed by atoms with E-state index in [4.69, 9.17) is 17.0 Å². The molecule has 0 radical (unpaired) electrons. The van der Waals surface area contributed by atoms with Gasteiger partial charge < -0.3 is 4.74 Å². The molecule has 0 saturated heterocycles. The third-order valence-corrected chi connectivity index (χ3v) is 3.77. The average molecular weight is 435 g/mol. The second kappa shape index (κ2) is 9.64. The van der Waals surface area contributed by atoms with Crippen LogP contribution in [0.2, 0.25) is 0 Å². The van der Waals surface area contributed by atoms with Crippen molar-refractivity contribution >= 4 is 51.2 Å². The van der Waals surface area contributed by atoms with Crippen LogP contribution in [-0.2, 0) is 4.79 Å². The molecule has 2 rings (SSSR count). The molecule has 0 aliphatic heterocycles. The minimum atomic E-state index is -0.456. The smallest absolute Gasteiger partial charge is 0.269 e. The van der Waals surface area contributed by atoms with Crippen LogP contribution in [0.25, 0.3) is 6.08 Å². The zero-order valence-electron chi connectivity index (χ0n) is 13.7. The number of hydrogen-bond acceptors (Lipinski definition) is 5. The maximum absolute atomic E-state index is 11.9. The van der Waals surface area contributed by atoms with E-state index in [0.717, 1.165) is 10.0 Å². The molecule has 0 atom stereocenters. The number of amides is 2. The molecule has 0 unspecified atom stereocenters.